The minimum Gasteiger partial charge on any atom is -0.444 e. The first-order valence-corrected chi connectivity index (χ1v) is 10.3. The first kappa shape index (κ1) is 19.7. The maximum Gasteiger partial charge on any atom is 0.410 e. The molecule has 0 aliphatic carbocycles. The van der Waals surface area contributed by atoms with Gasteiger partial charge in [0.1, 0.15) is 11.6 Å². The molecule has 2 saturated heterocycles. The quantitative estimate of drug-likeness (QED) is 0.774. The van der Waals surface area contributed by atoms with E-state index in [4.69, 9.17) is 4.74 Å². The normalized spacial score (nSPS) is 20.7. The number of hydrogen-bond acceptors (Lipinski definition) is 5. The van der Waals surface area contributed by atoms with Crippen molar-refractivity contribution < 1.29 is 19.1 Å². The van der Waals surface area contributed by atoms with E-state index in [0.29, 0.717) is 39.1 Å². The van der Waals surface area contributed by atoms with Crippen molar-refractivity contribution in [3.63, 3.8) is 0 Å². The first-order chi connectivity index (χ1) is 12.8. The SMILES string of the molecule is CC(C)(C)OC(=O)N1CCC[C@H]1C(=O)N1CCN(C(=O)c2cccs2)CC1. The lowest BCUT2D eigenvalue weighted by Crippen LogP contribution is -2.55. The fourth-order valence-corrected chi connectivity index (χ4v) is 4.15. The van der Waals surface area contributed by atoms with Gasteiger partial charge < -0.3 is 14.5 Å². The van der Waals surface area contributed by atoms with E-state index >= 15 is 0 Å². The van der Waals surface area contributed by atoms with Crippen molar-refractivity contribution in [1.82, 2.24) is 14.7 Å². The first-order valence-electron chi connectivity index (χ1n) is 9.37. The number of amides is 3. The number of carbonyl (C=O) groups excluding carboxylic acids is 3. The molecule has 0 saturated carbocycles. The number of ether oxygens (including phenoxy) is 1. The predicted octanol–water partition coefficient (Wildman–Crippen LogP) is 2.43. The Bertz CT molecular complexity index is 690. The lowest BCUT2D eigenvalue weighted by molar-refractivity contribution is -0.137. The van der Waals surface area contributed by atoms with Gasteiger partial charge in [-0.1, -0.05) is 6.07 Å². The summed E-state index contributed by atoms with van der Waals surface area (Å²) in [6.45, 7) is 8.03. The number of carbonyl (C=O) groups is 3. The van der Waals surface area contributed by atoms with Crippen LogP contribution in [0.1, 0.15) is 43.3 Å². The maximum absolute atomic E-state index is 13.0. The Balaban J connectivity index is 1.57. The molecule has 0 bridgehead atoms. The molecule has 2 aliphatic heterocycles. The number of piperazine rings is 1. The van der Waals surface area contributed by atoms with Crippen LogP contribution in [0.5, 0.6) is 0 Å². The van der Waals surface area contributed by atoms with E-state index in [9.17, 15) is 14.4 Å². The second kappa shape index (κ2) is 7.88. The van der Waals surface area contributed by atoms with E-state index in [1.807, 2.05) is 38.3 Å². The zero-order valence-electron chi connectivity index (χ0n) is 16.1. The molecule has 27 heavy (non-hydrogen) atoms. The molecule has 0 aromatic carbocycles. The highest BCUT2D eigenvalue weighted by Gasteiger charge is 2.39. The van der Waals surface area contributed by atoms with Gasteiger partial charge in [0, 0.05) is 32.7 Å². The number of nitrogens with zero attached hydrogens (tertiary/aromatic N) is 3. The Morgan fingerprint density at radius 3 is 2.33 bits per heavy atom. The molecule has 3 heterocycles. The summed E-state index contributed by atoms with van der Waals surface area (Å²) < 4.78 is 5.44. The van der Waals surface area contributed by atoms with Crippen LogP contribution in [0.3, 0.4) is 0 Å². The Morgan fingerprint density at radius 2 is 1.74 bits per heavy atom. The minimum atomic E-state index is -0.582. The smallest absolute Gasteiger partial charge is 0.410 e. The van der Waals surface area contributed by atoms with Crippen molar-refractivity contribution in [3.8, 4) is 0 Å². The van der Waals surface area contributed by atoms with Gasteiger partial charge in [0.15, 0.2) is 0 Å². The molecule has 1 atom stereocenters. The lowest BCUT2D eigenvalue weighted by Gasteiger charge is -2.37. The standard InChI is InChI=1S/C19H27N3O4S/c1-19(2,3)26-18(25)22-8-4-6-14(22)16(23)20-9-11-21(12-10-20)17(24)15-7-5-13-27-15/h5,7,13-14H,4,6,8-12H2,1-3H3/t14-/m0/s1. The zero-order valence-corrected chi connectivity index (χ0v) is 17.0. The molecule has 1 aromatic rings. The van der Waals surface area contributed by atoms with E-state index in [1.165, 1.54) is 11.3 Å². The third-order valence-electron chi connectivity index (χ3n) is 4.78. The molecule has 3 rings (SSSR count). The molecule has 0 unspecified atom stereocenters. The predicted molar refractivity (Wildman–Crippen MR) is 103 cm³/mol. The van der Waals surface area contributed by atoms with Gasteiger partial charge in [0.25, 0.3) is 5.91 Å². The van der Waals surface area contributed by atoms with Crippen LogP contribution >= 0.6 is 11.3 Å². The summed E-state index contributed by atoms with van der Waals surface area (Å²) in [4.78, 5) is 43.6. The largest absolute Gasteiger partial charge is 0.444 e. The van der Waals surface area contributed by atoms with Gasteiger partial charge in [0.2, 0.25) is 5.91 Å². The van der Waals surface area contributed by atoms with Crippen molar-refractivity contribution in [2.45, 2.75) is 45.3 Å². The fraction of sp³-hybridized carbons (Fsp3) is 0.632. The van der Waals surface area contributed by atoms with E-state index in [-0.39, 0.29) is 11.8 Å². The molecule has 2 fully saturated rings. The highest BCUT2D eigenvalue weighted by atomic mass is 32.1. The van der Waals surface area contributed by atoms with Gasteiger partial charge in [-0.25, -0.2) is 4.79 Å². The third kappa shape index (κ3) is 4.61. The second-order valence-corrected chi connectivity index (χ2v) is 8.87. The van der Waals surface area contributed by atoms with Crippen LogP contribution in [0.4, 0.5) is 4.79 Å². The molecule has 148 valence electrons. The van der Waals surface area contributed by atoms with Crippen LogP contribution in [0.15, 0.2) is 17.5 Å². The molecule has 0 spiro atoms. The number of likely N-dealkylation sites (tertiary alicyclic amines) is 1. The van der Waals surface area contributed by atoms with Crippen LogP contribution in [0.2, 0.25) is 0 Å². The van der Waals surface area contributed by atoms with Crippen molar-refractivity contribution in [2.24, 2.45) is 0 Å². The third-order valence-corrected chi connectivity index (χ3v) is 5.63. The lowest BCUT2D eigenvalue weighted by atomic mass is 10.1. The van der Waals surface area contributed by atoms with Crippen molar-refractivity contribution in [3.05, 3.63) is 22.4 Å². The van der Waals surface area contributed by atoms with E-state index in [0.717, 1.165) is 11.3 Å². The highest BCUT2D eigenvalue weighted by molar-refractivity contribution is 7.12. The van der Waals surface area contributed by atoms with Gasteiger partial charge in [-0.2, -0.15) is 0 Å². The molecule has 1 aromatic heterocycles. The minimum absolute atomic E-state index is 0.0216. The van der Waals surface area contributed by atoms with Crippen molar-refractivity contribution in [2.75, 3.05) is 32.7 Å². The number of thiophene rings is 1. The summed E-state index contributed by atoms with van der Waals surface area (Å²) in [7, 11) is 0. The average Bonchev–Trinajstić information content (AvgIpc) is 3.30. The molecular weight excluding hydrogens is 366 g/mol. The topological polar surface area (TPSA) is 70.2 Å². The molecule has 8 heteroatoms. The van der Waals surface area contributed by atoms with Crippen LogP contribution in [0, 0.1) is 0 Å². The van der Waals surface area contributed by atoms with Crippen molar-refractivity contribution >= 4 is 29.2 Å². The van der Waals surface area contributed by atoms with Gasteiger partial charge in [-0.3, -0.25) is 14.5 Å². The average molecular weight is 394 g/mol. The van der Waals surface area contributed by atoms with Crippen LogP contribution in [-0.2, 0) is 9.53 Å². The molecule has 0 N–H and O–H groups in total. The zero-order chi connectivity index (χ0) is 19.6. The Morgan fingerprint density at radius 1 is 1.07 bits per heavy atom. The molecular formula is C19H27N3O4S. The Hall–Kier alpha value is -2.09. The summed E-state index contributed by atoms with van der Waals surface area (Å²) in [5.74, 6) is -0.0186. The highest BCUT2D eigenvalue weighted by Crippen LogP contribution is 2.23. The second-order valence-electron chi connectivity index (χ2n) is 7.93. The van der Waals surface area contributed by atoms with Gasteiger partial charge in [-0.05, 0) is 45.1 Å². The molecule has 3 amide bonds. The number of hydrogen-bond donors (Lipinski definition) is 0. The molecule has 2 aliphatic rings. The Labute approximate surface area is 163 Å². The summed E-state index contributed by atoms with van der Waals surface area (Å²) in [6, 6.07) is 3.23. The van der Waals surface area contributed by atoms with Gasteiger partial charge in [-0.15, -0.1) is 11.3 Å². The maximum atomic E-state index is 13.0. The van der Waals surface area contributed by atoms with Crippen LogP contribution in [0.25, 0.3) is 0 Å². The van der Waals surface area contributed by atoms with Crippen LogP contribution < -0.4 is 0 Å². The van der Waals surface area contributed by atoms with Crippen LogP contribution in [-0.4, -0.2) is 77.0 Å². The molecule has 0 radical (unpaired) electrons. The van der Waals surface area contributed by atoms with Crippen molar-refractivity contribution in [1.29, 1.82) is 0 Å². The van der Waals surface area contributed by atoms with E-state index in [1.54, 1.807) is 14.7 Å². The summed E-state index contributed by atoms with van der Waals surface area (Å²) in [5.41, 5.74) is -0.582. The summed E-state index contributed by atoms with van der Waals surface area (Å²) >= 11 is 1.43. The monoisotopic (exact) mass is 393 g/mol. The summed E-state index contributed by atoms with van der Waals surface area (Å²) in [5, 5.41) is 1.89. The molecule has 7 nitrogen and oxygen atoms in total. The van der Waals surface area contributed by atoms with E-state index in [2.05, 4.69) is 0 Å². The van der Waals surface area contributed by atoms with Gasteiger partial charge in [0.05, 0.1) is 4.88 Å². The fourth-order valence-electron chi connectivity index (χ4n) is 3.46. The van der Waals surface area contributed by atoms with E-state index < -0.39 is 17.7 Å². The Kier molecular flexibility index (Phi) is 5.74. The number of rotatable bonds is 2. The summed E-state index contributed by atoms with van der Waals surface area (Å²) in [6.07, 6.45) is 1.03. The van der Waals surface area contributed by atoms with Gasteiger partial charge >= 0.3 is 6.09 Å².